The van der Waals surface area contributed by atoms with Crippen LogP contribution in [0.1, 0.15) is 44.0 Å². The van der Waals surface area contributed by atoms with Crippen molar-refractivity contribution >= 4 is 5.91 Å². The molecule has 1 N–H and O–H groups in total. The molecule has 0 radical (unpaired) electrons. The van der Waals surface area contributed by atoms with Gasteiger partial charge in [-0.15, -0.1) is 0 Å². The Morgan fingerprint density at radius 1 is 1.44 bits per heavy atom. The number of carbonyl (C=O) groups is 1. The van der Waals surface area contributed by atoms with E-state index in [1.165, 1.54) is 6.07 Å². The lowest BCUT2D eigenvalue weighted by molar-refractivity contribution is 0.0930. The first kappa shape index (κ1) is 14.5. The van der Waals surface area contributed by atoms with Crippen LogP contribution in [-0.2, 0) is 0 Å². The Hall–Kier alpha value is -1.52. The zero-order valence-electron chi connectivity index (χ0n) is 10.8. The number of rotatable bonds is 5. The third-order valence-electron chi connectivity index (χ3n) is 2.92. The van der Waals surface area contributed by atoms with Crippen LogP contribution >= 0.6 is 0 Å². The van der Waals surface area contributed by atoms with Gasteiger partial charge in [0.2, 0.25) is 5.95 Å². The molecular weight excluding hydrogens is 238 g/mol. The molecule has 5 heteroatoms. The number of halogens is 2. The number of hydrogen-bond donors (Lipinski definition) is 1. The molecule has 0 bridgehead atoms. The van der Waals surface area contributed by atoms with E-state index < -0.39 is 17.7 Å². The lowest BCUT2D eigenvalue weighted by Gasteiger charge is -2.17. The fraction of sp³-hybridized carbons (Fsp3) is 0.538. The van der Waals surface area contributed by atoms with Crippen molar-refractivity contribution in [2.45, 2.75) is 39.7 Å². The number of nitrogens with zero attached hydrogens (tertiary/aromatic N) is 1. The minimum absolute atomic E-state index is 0.0805. The Balaban J connectivity index is 2.68. The third kappa shape index (κ3) is 3.75. The van der Waals surface area contributed by atoms with Crippen LogP contribution in [0, 0.1) is 17.7 Å². The topological polar surface area (TPSA) is 42.0 Å². The molecule has 0 spiro atoms. The van der Waals surface area contributed by atoms with Crippen LogP contribution in [0.25, 0.3) is 0 Å². The van der Waals surface area contributed by atoms with Crippen LogP contribution in [0.4, 0.5) is 8.78 Å². The van der Waals surface area contributed by atoms with Crippen molar-refractivity contribution in [3.8, 4) is 0 Å². The van der Waals surface area contributed by atoms with Gasteiger partial charge in [0.1, 0.15) is 0 Å². The first-order chi connectivity index (χ1) is 8.45. The van der Waals surface area contributed by atoms with Gasteiger partial charge in [-0.3, -0.25) is 4.79 Å². The summed E-state index contributed by atoms with van der Waals surface area (Å²) in [6, 6.07) is 1.09. The number of amides is 1. The smallest absolute Gasteiger partial charge is 0.254 e. The van der Waals surface area contributed by atoms with Crippen molar-refractivity contribution < 1.29 is 13.6 Å². The number of aromatic nitrogens is 1. The van der Waals surface area contributed by atoms with E-state index in [4.69, 9.17) is 0 Å². The molecule has 1 rings (SSSR count). The van der Waals surface area contributed by atoms with E-state index in [0.717, 1.165) is 19.0 Å². The lowest BCUT2D eigenvalue weighted by atomic mass is 10.0. The van der Waals surface area contributed by atoms with Gasteiger partial charge in [0.05, 0.1) is 5.56 Å². The number of nitrogens with one attached hydrogen (secondary N) is 1. The maximum Gasteiger partial charge on any atom is 0.254 e. The monoisotopic (exact) mass is 256 g/mol. The largest absolute Gasteiger partial charge is 0.349 e. The number of pyridine rings is 1. The van der Waals surface area contributed by atoms with Gasteiger partial charge in [-0.1, -0.05) is 20.3 Å². The fourth-order valence-electron chi connectivity index (χ4n) is 1.72. The Morgan fingerprint density at radius 2 is 2.11 bits per heavy atom. The van der Waals surface area contributed by atoms with Crippen molar-refractivity contribution in [2.75, 3.05) is 0 Å². The molecule has 0 saturated heterocycles. The highest BCUT2D eigenvalue weighted by molar-refractivity contribution is 5.94. The SMILES string of the molecule is CCC(C)CC(C)NC(=O)c1ccnc(F)c1F. The standard InChI is InChI=1S/C13H18F2N2O/c1-4-8(2)7-9(3)17-13(18)10-5-6-16-12(15)11(10)14/h5-6,8-9H,4,7H2,1-3H3,(H,17,18). The van der Waals surface area contributed by atoms with Crippen molar-refractivity contribution in [1.29, 1.82) is 0 Å². The van der Waals surface area contributed by atoms with Crippen molar-refractivity contribution in [1.82, 2.24) is 10.3 Å². The first-order valence-electron chi connectivity index (χ1n) is 6.06. The van der Waals surface area contributed by atoms with E-state index in [1.807, 2.05) is 6.92 Å². The second kappa shape index (κ2) is 6.42. The summed E-state index contributed by atoms with van der Waals surface area (Å²) in [5.74, 6) is -2.59. The molecule has 0 aliphatic heterocycles. The summed E-state index contributed by atoms with van der Waals surface area (Å²) in [7, 11) is 0. The summed E-state index contributed by atoms with van der Waals surface area (Å²) in [4.78, 5) is 14.9. The van der Waals surface area contributed by atoms with Crippen LogP contribution in [0.15, 0.2) is 12.3 Å². The van der Waals surface area contributed by atoms with Crippen LogP contribution < -0.4 is 5.32 Å². The Labute approximate surface area is 106 Å². The van der Waals surface area contributed by atoms with Gasteiger partial charge < -0.3 is 5.32 Å². The molecule has 1 aromatic rings. The highest BCUT2D eigenvalue weighted by atomic mass is 19.2. The molecule has 0 aromatic carbocycles. The molecule has 3 nitrogen and oxygen atoms in total. The van der Waals surface area contributed by atoms with Gasteiger partial charge in [-0.05, 0) is 25.3 Å². The van der Waals surface area contributed by atoms with Gasteiger partial charge in [0.25, 0.3) is 5.91 Å². The molecule has 0 fully saturated rings. The zero-order valence-corrected chi connectivity index (χ0v) is 10.8. The normalized spacial score (nSPS) is 14.1. The summed E-state index contributed by atoms with van der Waals surface area (Å²) in [6.45, 7) is 5.99. The fourth-order valence-corrected chi connectivity index (χ4v) is 1.72. The van der Waals surface area contributed by atoms with Crippen LogP contribution in [-0.4, -0.2) is 16.9 Å². The predicted octanol–water partition coefficient (Wildman–Crippen LogP) is 2.91. The van der Waals surface area contributed by atoms with Crippen molar-refractivity contribution in [3.63, 3.8) is 0 Å². The number of hydrogen-bond acceptors (Lipinski definition) is 2. The molecule has 1 amide bonds. The van der Waals surface area contributed by atoms with E-state index >= 15 is 0 Å². The van der Waals surface area contributed by atoms with Crippen molar-refractivity contribution in [3.05, 3.63) is 29.6 Å². The second-order valence-electron chi connectivity index (χ2n) is 4.59. The van der Waals surface area contributed by atoms with E-state index in [2.05, 4.69) is 24.1 Å². The van der Waals surface area contributed by atoms with Gasteiger partial charge in [0, 0.05) is 12.2 Å². The van der Waals surface area contributed by atoms with Gasteiger partial charge in [0.15, 0.2) is 5.82 Å². The maximum absolute atomic E-state index is 13.3. The molecule has 2 atom stereocenters. The lowest BCUT2D eigenvalue weighted by Crippen LogP contribution is -2.34. The highest BCUT2D eigenvalue weighted by Gasteiger charge is 2.18. The summed E-state index contributed by atoms with van der Waals surface area (Å²) in [5, 5.41) is 2.66. The summed E-state index contributed by atoms with van der Waals surface area (Å²) >= 11 is 0. The minimum Gasteiger partial charge on any atom is -0.349 e. The van der Waals surface area contributed by atoms with Gasteiger partial charge in [-0.25, -0.2) is 9.37 Å². The third-order valence-corrected chi connectivity index (χ3v) is 2.92. The average molecular weight is 256 g/mol. The molecule has 1 heterocycles. The van der Waals surface area contributed by atoms with E-state index in [-0.39, 0.29) is 11.6 Å². The minimum atomic E-state index is -1.25. The average Bonchev–Trinajstić information content (AvgIpc) is 2.32. The Bertz CT molecular complexity index is 423. The van der Waals surface area contributed by atoms with E-state index in [1.54, 1.807) is 0 Å². The highest BCUT2D eigenvalue weighted by Crippen LogP contribution is 2.12. The van der Waals surface area contributed by atoms with Crippen LogP contribution in [0.5, 0.6) is 0 Å². The Morgan fingerprint density at radius 3 is 2.72 bits per heavy atom. The molecule has 0 aliphatic carbocycles. The van der Waals surface area contributed by atoms with Crippen LogP contribution in [0.3, 0.4) is 0 Å². The predicted molar refractivity (Wildman–Crippen MR) is 65.2 cm³/mol. The van der Waals surface area contributed by atoms with Crippen LogP contribution in [0.2, 0.25) is 0 Å². The van der Waals surface area contributed by atoms with E-state index in [0.29, 0.717) is 5.92 Å². The van der Waals surface area contributed by atoms with Gasteiger partial charge >= 0.3 is 0 Å². The Kier molecular flexibility index (Phi) is 5.19. The van der Waals surface area contributed by atoms with Crippen molar-refractivity contribution in [2.24, 2.45) is 5.92 Å². The maximum atomic E-state index is 13.3. The number of carbonyl (C=O) groups excluding carboxylic acids is 1. The zero-order chi connectivity index (χ0) is 13.7. The molecule has 2 unspecified atom stereocenters. The molecule has 18 heavy (non-hydrogen) atoms. The quantitative estimate of drug-likeness (QED) is 0.823. The summed E-state index contributed by atoms with van der Waals surface area (Å²) < 4.78 is 26.2. The second-order valence-corrected chi connectivity index (χ2v) is 4.59. The summed E-state index contributed by atoms with van der Waals surface area (Å²) in [6.07, 6.45) is 2.89. The van der Waals surface area contributed by atoms with Gasteiger partial charge in [-0.2, -0.15) is 4.39 Å². The molecule has 100 valence electrons. The molecular formula is C13H18F2N2O. The molecule has 0 saturated carbocycles. The molecule has 1 aromatic heterocycles. The van der Waals surface area contributed by atoms with E-state index in [9.17, 15) is 13.6 Å². The summed E-state index contributed by atoms with van der Waals surface area (Å²) in [5.41, 5.74) is -0.307. The first-order valence-corrected chi connectivity index (χ1v) is 6.06. The molecule has 0 aliphatic rings.